The largest absolute Gasteiger partial charge is 0.495 e. The third kappa shape index (κ3) is 3.70. The summed E-state index contributed by atoms with van der Waals surface area (Å²) in [5.74, 6) is 2.11. The SMILES string of the molecule is [C-]#[N+]c1ccc2c(N3CCC4(CC(O)C4)C3)nnc(NCc3ccc(OC)c(Cl)c3)c2c1. The molecule has 1 saturated heterocycles. The number of aromatic nitrogens is 2. The van der Waals surface area contributed by atoms with Gasteiger partial charge in [0.25, 0.3) is 0 Å². The summed E-state index contributed by atoms with van der Waals surface area (Å²) in [6.45, 7) is 9.72. The summed E-state index contributed by atoms with van der Waals surface area (Å²) in [5, 5.41) is 24.6. The van der Waals surface area contributed by atoms with Gasteiger partial charge in [-0.2, -0.15) is 0 Å². The van der Waals surface area contributed by atoms with Gasteiger partial charge in [0.2, 0.25) is 0 Å². The second kappa shape index (κ2) is 8.12. The Morgan fingerprint density at radius 3 is 2.81 bits per heavy atom. The van der Waals surface area contributed by atoms with Gasteiger partial charge in [-0.3, -0.25) is 0 Å². The molecule has 5 rings (SSSR count). The molecule has 2 aromatic carbocycles. The van der Waals surface area contributed by atoms with Crippen LogP contribution in [0, 0.1) is 12.0 Å². The first kappa shape index (κ1) is 20.8. The zero-order valence-electron chi connectivity index (χ0n) is 17.8. The zero-order chi connectivity index (χ0) is 22.3. The van der Waals surface area contributed by atoms with Crippen LogP contribution in [0.5, 0.6) is 5.75 Å². The highest BCUT2D eigenvalue weighted by Gasteiger charge is 2.48. The number of nitrogens with one attached hydrogen (secondary N) is 1. The molecule has 1 aliphatic heterocycles. The first-order chi connectivity index (χ1) is 15.5. The van der Waals surface area contributed by atoms with E-state index in [4.69, 9.17) is 22.9 Å². The highest BCUT2D eigenvalue weighted by atomic mass is 35.5. The molecular weight excluding hydrogens is 426 g/mol. The van der Waals surface area contributed by atoms with Crippen LogP contribution in [0.1, 0.15) is 24.8 Å². The number of aliphatic hydroxyl groups excluding tert-OH is 1. The monoisotopic (exact) mass is 449 g/mol. The third-order valence-electron chi connectivity index (χ3n) is 6.62. The molecular formula is C24H24ClN5O2. The average Bonchev–Trinajstić information content (AvgIpc) is 3.22. The molecule has 2 N–H and O–H groups in total. The summed E-state index contributed by atoms with van der Waals surface area (Å²) in [6.07, 6.45) is 2.62. The fourth-order valence-electron chi connectivity index (χ4n) is 4.96. The Morgan fingerprint density at radius 1 is 1.25 bits per heavy atom. The van der Waals surface area contributed by atoms with E-state index in [2.05, 4.69) is 25.3 Å². The normalized spacial score (nSPS) is 22.1. The third-order valence-corrected chi connectivity index (χ3v) is 6.92. The number of hydrogen-bond donors (Lipinski definition) is 2. The number of hydrogen-bond acceptors (Lipinski definition) is 6. The minimum Gasteiger partial charge on any atom is -0.495 e. The van der Waals surface area contributed by atoms with Gasteiger partial charge in [0.1, 0.15) is 5.75 Å². The first-order valence-electron chi connectivity index (χ1n) is 10.7. The van der Waals surface area contributed by atoms with Crippen molar-refractivity contribution in [3.8, 4) is 5.75 Å². The smallest absolute Gasteiger partial charge is 0.188 e. The van der Waals surface area contributed by atoms with Crippen molar-refractivity contribution in [3.05, 3.63) is 58.4 Å². The quantitative estimate of drug-likeness (QED) is 0.545. The first-order valence-corrected chi connectivity index (χ1v) is 11.1. The molecule has 0 unspecified atom stereocenters. The molecule has 3 aromatic rings. The van der Waals surface area contributed by atoms with E-state index >= 15 is 0 Å². The fraction of sp³-hybridized carbons (Fsp3) is 0.375. The number of rotatable bonds is 5. The summed E-state index contributed by atoms with van der Waals surface area (Å²) >= 11 is 6.25. The van der Waals surface area contributed by atoms with Crippen LogP contribution < -0.4 is 15.0 Å². The van der Waals surface area contributed by atoms with E-state index < -0.39 is 0 Å². The van der Waals surface area contributed by atoms with Crippen LogP contribution in [-0.2, 0) is 6.54 Å². The lowest BCUT2D eigenvalue weighted by Crippen LogP contribution is -2.43. The van der Waals surface area contributed by atoms with Gasteiger partial charge in [-0.1, -0.05) is 29.8 Å². The minimum atomic E-state index is -0.169. The number of anilines is 2. The van der Waals surface area contributed by atoms with Crippen LogP contribution in [0.3, 0.4) is 0 Å². The van der Waals surface area contributed by atoms with Crippen molar-refractivity contribution in [2.75, 3.05) is 30.4 Å². The standard InChI is InChI=1S/C24H24ClN5O2/c1-26-16-4-5-18-19(10-16)22(27-13-15-3-6-21(32-2)20(25)9-15)28-29-23(18)30-8-7-24(14-30)11-17(31)12-24/h3-6,9-10,17,31H,7-8,11-14H2,2H3,(H,27,28). The lowest BCUT2D eigenvalue weighted by Gasteiger charge is -2.42. The number of nitrogens with zero attached hydrogens (tertiary/aromatic N) is 4. The molecule has 0 amide bonds. The van der Waals surface area contributed by atoms with Crippen LogP contribution in [0.15, 0.2) is 36.4 Å². The minimum absolute atomic E-state index is 0.169. The molecule has 2 fully saturated rings. The molecule has 32 heavy (non-hydrogen) atoms. The van der Waals surface area contributed by atoms with E-state index in [-0.39, 0.29) is 11.5 Å². The Bertz CT molecular complexity index is 1220. The lowest BCUT2D eigenvalue weighted by molar-refractivity contribution is -0.0179. The van der Waals surface area contributed by atoms with E-state index in [1.54, 1.807) is 7.11 Å². The molecule has 8 heteroatoms. The number of fused-ring (bicyclic) bond motifs is 1. The molecule has 1 saturated carbocycles. The van der Waals surface area contributed by atoms with Gasteiger partial charge in [-0.05, 0) is 48.4 Å². The fourth-order valence-corrected chi connectivity index (χ4v) is 5.24. The second-order valence-electron chi connectivity index (χ2n) is 8.77. The van der Waals surface area contributed by atoms with Gasteiger partial charge < -0.3 is 20.1 Å². The number of aliphatic hydroxyl groups is 1. The molecule has 2 heterocycles. The summed E-state index contributed by atoms with van der Waals surface area (Å²) in [4.78, 5) is 5.86. The maximum Gasteiger partial charge on any atom is 0.188 e. The van der Waals surface area contributed by atoms with Crippen molar-refractivity contribution in [2.45, 2.75) is 31.9 Å². The van der Waals surface area contributed by atoms with Gasteiger partial charge >= 0.3 is 0 Å². The van der Waals surface area contributed by atoms with E-state index in [1.807, 2.05) is 36.4 Å². The van der Waals surface area contributed by atoms with Gasteiger partial charge in [0.05, 0.1) is 24.8 Å². The maximum absolute atomic E-state index is 9.80. The second-order valence-corrected chi connectivity index (χ2v) is 9.18. The zero-order valence-corrected chi connectivity index (χ0v) is 18.6. The van der Waals surface area contributed by atoms with Crippen LogP contribution in [0.2, 0.25) is 5.02 Å². The summed E-state index contributed by atoms with van der Waals surface area (Å²) < 4.78 is 5.22. The van der Waals surface area contributed by atoms with Gasteiger partial charge in [-0.15, -0.1) is 10.2 Å². The molecule has 1 aromatic heterocycles. The van der Waals surface area contributed by atoms with Gasteiger partial charge in [-0.25, -0.2) is 4.85 Å². The summed E-state index contributed by atoms with van der Waals surface area (Å²) in [7, 11) is 1.59. The Labute approximate surface area is 191 Å². The predicted molar refractivity (Wildman–Crippen MR) is 126 cm³/mol. The van der Waals surface area contributed by atoms with E-state index in [0.717, 1.165) is 54.5 Å². The van der Waals surface area contributed by atoms with E-state index in [0.29, 0.717) is 28.8 Å². The van der Waals surface area contributed by atoms with Crippen LogP contribution in [-0.4, -0.2) is 41.6 Å². The Morgan fingerprint density at radius 2 is 2.09 bits per heavy atom. The van der Waals surface area contributed by atoms with Crippen molar-refractivity contribution in [1.29, 1.82) is 0 Å². The van der Waals surface area contributed by atoms with Crippen molar-refractivity contribution in [3.63, 3.8) is 0 Å². The number of methoxy groups -OCH3 is 1. The predicted octanol–water partition coefficient (Wildman–Crippen LogP) is 4.81. The van der Waals surface area contributed by atoms with Crippen molar-refractivity contribution >= 4 is 39.7 Å². The molecule has 164 valence electrons. The molecule has 7 nitrogen and oxygen atoms in total. The molecule has 0 bridgehead atoms. The number of halogens is 1. The highest BCUT2D eigenvalue weighted by Crippen LogP contribution is 2.49. The molecule has 0 radical (unpaired) electrons. The highest BCUT2D eigenvalue weighted by molar-refractivity contribution is 6.32. The van der Waals surface area contributed by atoms with E-state index in [9.17, 15) is 5.11 Å². The van der Waals surface area contributed by atoms with Crippen LogP contribution in [0.25, 0.3) is 15.6 Å². The topological polar surface area (TPSA) is 74.9 Å². The Kier molecular flexibility index (Phi) is 5.28. The molecule has 1 spiro atoms. The van der Waals surface area contributed by atoms with Crippen LogP contribution in [0.4, 0.5) is 17.3 Å². The van der Waals surface area contributed by atoms with Crippen molar-refractivity contribution in [2.24, 2.45) is 5.41 Å². The molecule has 1 aliphatic carbocycles. The van der Waals surface area contributed by atoms with Gasteiger partial charge in [0, 0.05) is 30.4 Å². The van der Waals surface area contributed by atoms with Crippen molar-refractivity contribution in [1.82, 2.24) is 10.2 Å². The Balaban J connectivity index is 1.44. The number of ether oxygens (including phenoxy) is 1. The van der Waals surface area contributed by atoms with Crippen molar-refractivity contribution < 1.29 is 9.84 Å². The summed E-state index contributed by atoms with van der Waals surface area (Å²) in [5.41, 5.74) is 1.75. The van der Waals surface area contributed by atoms with E-state index in [1.165, 1.54) is 0 Å². The van der Waals surface area contributed by atoms with Gasteiger partial charge in [0.15, 0.2) is 17.3 Å². The molecule has 0 atom stereocenters. The maximum atomic E-state index is 9.80. The number of benzene rings is 2. The Hall–Kier alpha value is -3.08. The lowest BCUT2D eigenvalue weighted by atomic mass is 9.66. The summed E-state index contributed by atoms with van der Waals surface area (Å²) in [6, 6.07) is 11.3. The van der Waals surface area contributed by atoms with Crippen LogP contribution >= 0.6 is 11.6 Å². The average molecular weight is 450 g/mol. The molecule has 2 aliphatic rings.